The Balaban J connectivity index is 1.51. The molecule has 0 saturated carbocycles. The van der Waals surface area contributed by atoms with Crippen LogP contribution in [0.5, 0.6) is 0 Å². The van der Waals surface area contributed by atoms with E-state index in [0.29, 0.717) is 12.2 Å². The van der Waals surface area contributed by atoms with Gasteiger partial charge < -0.3 is 15.0 Å². The SMILES string of the molecule is CC(C)(C)OC(=O)NC1CCCN(c2ccc3nnc(-c4ccsc4)n3n2)C1. The highest BCUT2D eigenvalue weighted by atomic mass is 32.1. The molecule has 1 saturated heterocycles. The molecule has 8 nitrogen and oxygen atoms in total. The Morgan fingerprint density at radius 3 is 2.89 bits per heavy atom. The fourth-order valence-corrected chi connectivity index (χ4v) is 3.93. The van der Waals surface area contributed by atoms with Crippen molar-refractivity contribution in [1.82, 2.24) is 25.1 Å². The van der Waals surface area contributed by atoms with Gasteiger partial charge in [0.25, 0.3) is 0 Å². The smallest absolute Gasteiger partial charge is 0.407 e. The maximum atomic E-state index is 12.1. The van der Waals surface area contributed by atoms with Crippen molar-refractivity contribution in [2.45, 2.75) is 45.3 Å². The fraction of sp³-hybridized carbons (Fsp3) is 0.474. The van der Waals surface area contributed by atoms with Crippen molar-refractivity contribution in [3.05, 3.63) is 29.0 Å². The third-order valence-electron chi connectivity index (χ3n) is 4.49. The van der Waals surface area contributed by atoms with E-state index in [0.717, 1.165) is 36.6 Å². The molecule has 1 amide bonds. The van der Waals surface area contributed by atoms with Gasteiger partial charge in [-0.05, 0) is 57.2 Å². The van der Waals surface area contributed by atoms with Gasteiger partial charge in [0, 0.05) is 30.1 Å². The average molecular weight is 401 g/mol. The predicted octanol–water partition coefficient (Wildman–Crippen LogP) is 3.35. The van der Waals surface area contributed by atoms with E-state index in [1.165, 1.54) is 0 Å². The van der Waals surface area contributed by atoms with Crippen molar-refractivity contribution in [2.75, 3.05) is 18.0 Å². The van der Waals surface area contributed by atoms with Crippen LogP contribution in [0.4, 0.5) is 10.6 Å². The molecule has 1 unspecified atom stereocenters. The van der Waals surface area contributed by atoms with E-state index in [-0.39, 0.29) is 12.1 Å². The molecule has 0 aliphatic carbocycles. The number of piperidine rings is 1. The Hall–Kier alpha value is -2.68. The fourth-order valence-electron chi connectivity index (χ4n) is 3.30. The van der Waals surface area contributed by atoms with Crippen molar-refractivity contribution in [1.29, 1.82) is 0 Å². The monoisotopic (exact) mass is 400 g/mol. The van der Waals surface area contributed by atoms with Crippen LogP contribution < -0.4 is 10.2 Å². The number of carbonyl (C=O) groups excluding carboxylic acids is 1. The van der Waals surface area contributed by atoms with E-state index in [4.69, 9.17) is 9.84 Å². The molecule has 3 aromatic heterocycles. The molecule has 0 spiro atoms. The first-order valence-corrected chi connectivity index (χ1v) is 10.3. The third kappa shape index (κ3) is 4.09. The van der Waals surface area contributed by atoms with E-state index in [1.54, 1.807) is 15.9 Å². The second kappa shape index (κ2) is 7.38. The van der Waals surface area contributed by atoms with Crippen LogP contribution in [0.3, 0.4) is 0 Å². The lowest BCUT2D eigenvalue weighted by molar-refractivity contribution is 0.0500. The van der Waals surface area contributed by atoms with Gasteiger partial charge in [-0.15, -0.1) is 15.3 Å². The zero-order valence-corrected chi connectivity index (χ0v) is 17.1. The number of aromatic nitrogens is 4. The summed E-state index contributed by atoms with van der Waals surface area (Å²) < 4.78 is 7.16. The van der Waals surface area contributed by atoms with Gasteiger partial charge in [0.05, 0.1) is 0 Å². The van der Waals surface area contributed by atoms with Gasteiger partial charge in [0.2, 0.25) is 0 Å². The van der Waals surface area contributed by atoms with Crippen molar-refractivity contribution >= 4 is 28.9 Å². The van der Waals surface area contributed by atoms with Crippen LogP contribution in [0.25, 0.3) is 17.0 Å². The number of hydrogen-bond donors (Lipinski definition) is 1. The molecule has 0 radical (unpaired) electrons. The summed E-state index contributed by atoms with van der Waals surface area (Å²) in [6, 6.07) is 5.92. The van der Waals surface area contributed by atoms with Crippen molar-refractivity contribution in [3.63, 3.8) is 0 Å². The van der Waals surface area contributed by atoms with Gasteiger partial charge in [-0.1, -0.05) is 0 Å². The molecule has 1 fully saturated rings. The Bertz CT molecular complexity index is 963. The minimum absolute atomic E-state index is 0.0263. The number of anilines is 1. The third-order valence-corrected chi connectivity index (χ3v) is 5.18. The van der Waals surface area contributed by atoms with Crippen LogP contribution >= 0.6 is 11.3 Å². The van der Waals surface area contributed by atoms with Crippen LogP contribution in [0.1, 0.15) is 33.6 Å². The maximum Gasteiger partial charge on any atom is 0.407 e. The lowest BCUT2D eigenvalue weighted by Crippen LogP contribution is -2.49. The first-order chi connectivity index (χ1) is 13.4. The van der Waals surface area contributed by atoms with Gasteiger partial charge in [-0.2, -0.15) is 15.9 Å². The summed E-state index contributed by atoms with van der Waals surface area (Å²) in [6.07, 6.45) is 1.52. The van der Waals surface area contributed by atoms with Crippen molar-refractivity contribution < 1.29 is 9.53 Å². The van der Waals surface area contributed by atoms with Crippen LogP contribution in [-0.4, -0.2) is 50.6 Å². The Morgan fingerprint density at radius 2 is 2.14 bits per heavy atom. The first kappa shape index (κ1) is 18.7. The van der Waals surface area contributed by atoms with Gasteiger partial charge in [-0.25, -0.2) is 4.79 Å². The highest BCUT2D eigenvalue weighted by Gasteiger charge is 2.25. The van der Waals surface area contributed by atoms with Gasteiger partial charge in [0.1, 0.15) is 11.4 Å². The maximum absolute atomic E-state index is 12.1. The molecule has 1 atom stereocenters. The largest absolute Gasteiger partial charge is 0.444 e. The summed E-state index contributed by atoms with van der Waals surface area (Å²) in [5, 5.41) is 20.3. The van der Waals surface area contributed by atoms with Gasteiger partial charge in [0.15, 0.2) is 11.5 Å². The predicted molar refractivity (Wildman–Crippen MR) is 109 cm³/mol. The highest BCUT2D eigenvalue weighted by Crippen LogP contribution is 2.23. The quantitative estimate of drug-likeness (QED) is 0.726. The zero-order valence-electron chi connectivity index (χ0n) is 16.3. The van der Waals surface area contributed by atoms with E-state index < -0.39 is 5.60 Å². The molecule has 148 valence electrons. The standard InChI is InChI=1S/C19H24N6O2S/c1-19(2,3)27-18(26)20-14-5-4-9-24(11-14)16-7-6-15-21-22-17(25(15)23-16)13-8-10-28-12-13/h6-8,10,12,14H,4-5,9,11H2,1-3H3,(H,20,26). The minimum atomic E-state index is -0.502. The number of nitrogens with zero attached hydrogens (tertiary/aromatic N) is 5. The Kier molecular flexibility index (Phi) is 4.92. The van der Waals surface area contributed by atoms with Crippen molar-refractivity contribution in [2.24, 2.45) is 0 Å². The lowest BCUT2D eigenvalue weighted by Gasteiger charge is -2.34. The minimum Gasteiger partial charge on any atom is -0.444 e. The summed E-state index contributed by atoms with van der Waals surface area (Å²) in [5.74, 6) is 1.58. The molecular formula is C19H24N6O2S. The van der Waals surface area contributed by atoms with Gasteiger partial charge >= 0.3 is 6.09 Å². The molecule has 4 heterocycles. The average Bonchev–Trinajstić information content (AvgIpc) is 3.29. The summed E-state index contributed by atoms with van der Waals surface area (Å²) >= 11 is 1.62. The molecule has 0 aromatic carbocycles. The summed E-state index contributed by atoms with van der Waals surface area (Å²) in [6.45, 7) is 7.17. The molecule has 0 bridgehead atoms. The van der Waals surface area contributed by atoms with Crippen molar-refractivity contribution in [3.8, 4) is 11.4 Å². The molecule has 1 N–H and O–H groups in total. The van der Waals surface area contributed by atoms with E-state index >= 15 is 0 Å². The van der Waals surface area contributed by atoms with Crippen LogP contribution in [0.15, 0.2) is 29.0 Å². The summed E-state index contributed by atoms with van der Waals surface area (Å²) in [4.78, 5) is 14.3. The number of fused-ring (bicyclic) bond motifs is 1. The molecular weight excluding hydrogens is 376 g/mol. The van der Waals surface area contributed by atoms with E-state index in [2.05, 4.69) is 20.4 Å². The number of ether oxygens (including phenoxy) is 1. The topological polar surface area (TPSA) is 84.6 Å². The number of nitrogens with one attached hydrogen (secondary N) is 1. The second-order valence-electron chi connectivity index (χ2n) is 7.93. The van der Waals surface area contributed by atoms with Crippen LogP contribution in [0.2, 0.25) is 0 Å². The van der Waals surface area contributed by atoms with Crippen LogP contribution in [-0.2, 0) is 4.74 Å². The Morgan fingerprint density at radius 1 is 1.29 bits per heavy atom. The normalized spacial score (nSPS) is 17.7. The number of thiophene rings is 1. The summed E-state index contributed by atoms with van der Waals surface area (Å²) in [5.41, 5.74) is 1.22. The molecule has 4 rings (SSSR count). The van der Waals surface area contributed by atoms with Gasteiger partial charge in [-0.3, -0.25) is 0 Å². The van der Waals surface area contributed by atoms with E-state index in [9.17, 15) is 4.79 Å². The van der Waals surface area contributed by atoms with Crippen LogP contribution in [0, 0.1) is 0 Å². The van der Waals surface area contributed by atoms with E-state index in [1.807, 2.05) is 49.7 Å². The zero-order chi connectivity index (χ0) is 19.7. The molecule has 9 heteroatoms. The number of alkyl carbamates (subject to hydrolysis) is 1. The molecule has 1 aliphatic heterocycles. The lowest BCUT2D eigenvalue weighted by atomic mass is 10.1. The number of carbonyl (C=O) groups is 1. The number of rotatable bonds is 3. The molecule has 3 aromatic rings. The number of hydrogen-bond acceptors (Lipinski definition) is 7. The molecule has 28 heavy (non-hydrogen) atoms. The molecule has 1 aliphatic rings. The number of amides is 1. The first-order valence-electron chi connectivity index (χ1n) is 9.38. The highest BCUT2D eigenvalue weighted by molar-refractivity contribution is 7.08. The summed E-state index contributed by atoms with van der Waals surface area (Å²) in [7, 11) is 0. The Labute approximate surface area is 167 Å². The second-order valence-corrected chi connectivity index (χ2v) is 8.71.